The maximum absolute atomic E-state index is 9.77. The number of nitriles is 1. The summed E-state index contributed by atoms with van der Waals surface area (Å²) in [6.07, 6.45) is -0.600. The molecule has 0 amide bonds. The third kappa shape index (κ3) is 3.75. The number of ether oxygens (including phenoxy) is 1. The molecule has 0 radical (unpaired) electrons. The van der Waals surface area contributed by atoms with Gasteiger partial charge in [0, 0.05) is 16.1 Å². The monoisotopic (exact) mass is 301 g/mol. The van der Waals surface area contributed by atoms with Crippen molar-refractivity contribution < 1.29 is 9.84 Å². The highest BCUT2D eigenvalue weighted by molar-refractivity contribution is 6.31. The second-order valence-corrected chi connectivity index (χ2v) is 5.33. The number of aliphatic hydroxyl groups is 1. The summed E-state index contributed by atoms with van der Waals surface area (Å²) in [5.74, 6) is 0.644. The summed E-state index contributed by atoms with van der Waals surface area (Å²) in [5, 5.41) is 19.1. The Balaban J connectivity index is 2.20. The molecule has 0 bridgehead atoms. The Morgan fingerprint density at radius 3 is 2.67 bits per heavy atom. The number of rotatable bonds is 4. The standard InChI is InChI=1S/C17H16ClNO2/c1-11-3-6-15(12(2)20)17(7-11)21-10-14-5-4-13(9-19)8-16(14)18/h3-8,12,20H,10H2,1-2H3. The van der Waals surface area contributed by atoms with E-state index in [9.17, 15) is 5.11 Å². The molecule has 4 heteroatoms. The lowest BCUT2D eigenvalue weighted by molar-refractivity contribution is 0.190. The summed E-state index contributed by atoms with van der Waals surface area (Å²) in [6.45, 7) is 3.95. The number of nitrogens with zero attached hydrogens (tertiary/aromatic N) is 1. The quantitative estimate of drug-likeness (QED) is 0.923. The molecule has 2 aromatic carbocycles. The van der Waals surface area contributed by atoms with Gasteiger partial charge in [0.15, 0.2) is 0 Å². The van der Waals surface area contributed by atoms with Crippen LogP contribution in [0.15, 0.2) is 36.4 Å². The molecular formula is C17H16ClNO2. The van der Waals surface area contributed by atoms with Crippen molar-refractivity contribution in [3.63, 3.8) is 0 Å². The fourth-order valence-electron chi connectivity index (χ4n) is 2.00. The molecule has 108 valence electrons. The van der Waals surface area contributed by atoms with E-state index < -0.39 is 6.10 Å². The van der Waals surface area contributed by atoms with Crippen LogP contribution in [0.1, 0.15) is 35.3 Å². The van der Waals surface area contributed by atoms with Crippen LogP contribution in [-0.2, 0) is 6.61 Å². The van der Waals surface area contributed by atoms with Crippen LogP contribution in [0.3, 0.4) is 0 Å². The maximum atomic E-state index is 9.77. The lowest BCUT2D eigenvalue weighted by Crippen LogP contribution is -2.02. The summed E-state index contributed by atoms with van der Waals surface area (Å²) in [5.41, 5.74) is 3.11. The van der Waals surface area contributed by atoms with Gasteiger partial charge >= 0.3 is 0 Å². The molecule has 0 fully saturated rings. The Bertz CT molecular complexity index is 690. The maximum Gasteiger partial charge on any atom is 0.125 e. The SMILES string of the molecule is Cc1ccc(C(C)O)c(OCc2ccc(C#N)cc2Cl)c1. The van der Waals surface area contributed by atoms with E-state index in [1.54, 1.807) is 25.1 Å². The second-order valence-electron chi connectivity index (χ2n) is 4.92. The Kier molecular flexibility index (Phi) is 4.85. The van der Waals surface area contributed by atoms with Gasteiger partial charge in [0.1, 0.15) is 12.4 Å². The third-order valence-corrected chi connectivity index (χ3v) is 3.54. The Morgan fingerprint density at radius 1 is 1.29 bits per heavy atom. The zero-order chi connectivity index (χ0) is 15.4. The van der Waals surface area contributed by atoms with Crippen LogP contribution in [0.2, 0.25) is 5.02 Å². The third-order valence-electron chi connectivity index (χ3n) is 3.18. The van der Waals surface area contributed by atoms with Crippen molar-refractivity contribution in [3.05, 3.63) is 63.7 Å². The molecule has 0 aliphatic heterocycles. The number of hydrogen-bond donors (Lipinski definition) is 1. The van der Waals surface area contributed by atoms with Gasteiger partial charge in [0.25, 0.3) is 0 Å². The minimum atomic E-state index is -0.600. The predicted molar refractivity (Wildman–Crippen MR) is 82.3 cm³/mol. The normalized spacial score (nSPS) is 11.8. The predicted octanol–water partition coefficient (Wildman–Crippen LogP) is 4.15. The van der Waals surface area contributed by atoms with Gasteiger partial charge in [-0.25, -0.2) is 0 Å². The van der Waals surface area contributed by atoms with Gasteiger partial charge in [-0.1, -0.05) is 29.8 Å². The summed E-state index contributed by atoms with van der Waals surface area (Å²) in [4.78, 5) is 0. The molecule has 0 aromatic heterocycles. The van der Waals surface area contributed by atoms with Gasteiger partial charge in [-0.05, 0) is 37.6 Å². The summed E-state index contributed by atoms with van der Waals surface area (Å²) < 4.78 is 5.79. The van der Waals surface area contributed by atoms with Gasteiger partial charge in [-0.2, -0.15) is 5.26 Å². The molecule has 1 N–H and O–H groups in total. The van der Waals surface area contributed by atoms with E-state index in [1.165, 1.54) is 0 Å². The number of aryl methyl sites for hydroxylation is 1. The molecule has 1 unspecified atom stereocenters. The average molecular weight is 302 g/mol. The number of hydrogen-bond acceptors (Lipinski definition) is 3. The van der Waals surface area contributed by atoms with Crippen LogP contribution in [0.5, 0.6) is 5.75 Å². The first-order chi connectivity index (χ1) is 10.0. The molecule has 0 saturated heterocycles. The molecule has 21 heavy (non-hydrogen) atoms. The topological polar surface area (TPSA) is 53.2 Å². The number of aliphatic hydroxyl groups excluding tert-OH is 1. The Labute approximate surface area is 129 Å². The van der Waals surface area contributed by atoms with Crippen molar-refractivity contribution in [3.8, 4) is 11.8 Å². The minimum Gasteiger partial charge on any atom is -0.488 e. The zero-order valence-corrected chi connectivity index (χ0v) is 12.7. The molecule has 1 atom stereocenters. The highest BCUT2D eigenvalue weighted by Gasteiger charge is 2.10. The van der Waals surface area contributed by atoms with E-state index in [0.717, 1.165) is 16.7 Å². The van der Waals surface area contributed by atoms with E-state index in [2.05, 4.69) is 0 Å². The first-order valence-corrected chi connectivity index (χ1v) is 6.99. The molecule has 0 spiro atoms. The molecule has 0 saturated carbocycles. The van der Waals surface area contributed by atoms with E-state index in [0.29, 0.717) is 16.3 Å². The molecule has 2 rings (SSSR count). The first-order valence-electron chi connectivity index (χ1n) is 6.61. The highest BCUT2D eigenvalue weighted by atomic mass is 35.5. The second kappa shape index (κ2) is 6.62. The average Bonchev–Trinajstić information content (AvgIpc) is 2.45. The van der Waals surface area contributed by atoms with Crippen molar-refractivity contribution in [2.75, 3.05) is 0 Å². The Hall–Kier alpha value is -2.02. The largest absolute Gasteiger partial charge is 0.488 e. The van der Waals surface area contributed by atoms with E-state index >= 15 is 0 Å². The molecule has 0 aliphatic rings. The molecule has 0 heterocycles. The molecular weight excluding hydrogens is 286 g/mol. The summed E-state index contributed by atoms with van der Waals surface area (Å²) in [7, 11) is 0. The van der Waals surface area contributed by atoms with Crippen LogP contribution < -0.4 is 4.74 Å². The Morgan fingerprint density at radius 2 is 2.05 bits per heavy atom. The van der Waals surface area contributed by atoms with Crippen LogP contribution in [0.4, 0.5) is 0 Å². The van der Waals surface area contributed by atoms with Crippen molar-refractivity contribution in [2.24, 2.45) is 0 Å². The van der Waals surface area contributed by atoms with E-state index in [4.69, 9.17) is 21.6 Å². The van der Waals surface area contributed by atoms with Crippen LogP contribution in [0, 0.1) is 18.3 Å². The van der Waals surface area contributed by atoms with E-state index in [-0.39, 0.29) is 6.61 Å². The van der Waals surface area contributed by atoms with Crippen LogP contribution in [-0.4, -0.2) is 5.11 Å². The summed E-state index contributed by atoms with van der Waals surface area (Å²) >= 11 is 6.13. The van der Waals surface area contributed by atoms with Crippen molar-refractivity contribution in [2.45, 2.75) is 26.6 Å². The first kappa shape index (κ1) is 15.4. The van der Waals surface area contributed by atoms with Crippen LogP contribution >= 0.6 is 11.6 Å². The van der Waals surface area contributed by atoms with E-state index in [1.807, 2.05) is 31.2 Å². The van der Waals surface area contributed by atoms with Crippen molar-refractivity contribution in [1.29, 1.82) is 5.26 Å². The summed E-state index contributed by atoms with van der Waals surface area (Å²) in [6, 6.07) is 12.8. The fraction of sp³-hybridized carbons (Fsp3) is 0.235. The highest BCUT2D eigenvalue weighted by Crippen LogP contribution is 2.28. The molecule has 3 nitrogen and oxygen atoms in total. The van der Waals surface area contributed by atoms with Gasteiger partial charge in [0.2, 0.25) is 0 Å². The fourth-order valence-corrected chi connectivity index (χ4v) is 2.24. The minimum absolute atomic E-state index is 0.285. The molecule has 2 aromatic rings. The lowest BCUT2D eigenvalue weighted by atomic mass is 10.1. The zero-order valence-electron chi connectivity index (χ0n) is 11.9. The van der Waals surface area contributed by atoms with Gasteiger partial charge in [0.05, 0.1) is 17.7 Å². The number of benzene rings is 2. The molecule has 0 aliphatic carbocycles. The van der Waals surface area contributed by atoms with Crippen molar-refractivity contribution in [1.82, 2.24) is 0 Å². The van der Waals surface area contributed by atoms with Crippen molar-refractivity contribution >= 4 is 11.6 Å². The van der Waals surface area contributed by atoms with Gasteiger partial charge in [-0.3, -0.25) is 0 Å². The number of halogens is 1. The van der Waals surface area contributed by atoms with Gasteiger partial charge < -0.3 is 9.84 Å². The van der Waals surface area contributed by atoms with Gasteiger partial charge in [-0.15, -0.1) is 0 Å². The van der Waals surface area contributed by atoms with Crippen LogP contribution in [0.25, 0.3) is 0 Å². The lowest BCUT2D eigenvalue weighted by Gasteiger charge is -2.15. The smallest absolute Gasteiger partial charge is 0.125 e.